The van der Waals surface area contributed by atoms with Gasteiger partial charge < -0.3 is 24.1 Å². The normalized spacial score (nSPS) is 13.0. The van der Waals surface area contributed by atoms with Crippen LogP contribution < -0.4 is 4.74 Å². The third kappa shape index (κ3) is 17.3. The molecule has 0 bridgehead atoms. The van der Waals surface area contributed by atoms with Crippen molar-refractivity contribution in [3.63, 3.8) is 0 Å². The lowest BCUT2D eigenvalue weighted by Crippen LogP contribution is -2.31. The van der Waals surface area contributed by atoms with Gasteiger partial charge in [0.2, 0.25) is 0 Å². The van der Waals surface area contributed by atoms with Crippen molar-refractivity contribution in [2.24, 2.45) is 11.8 Å². The summed E-state index contributed by atoms with van der Waals surface area (Å²) in [6.07, 6.45) is 9.38. The Labute approximate surface area is 286 Å². The van der Waals surface area contributed by atoms with Gasteiger partial charge in [-0.15, -0.1) is 0 Å². The number of benzene rings is 1. The fourth-order valence-electron chi connectivity index (χ4n) is 5.38. The van der Waals surface area contributed by atoms with Crippen molar-refractivity contribution in [2.45, 2.75) is 125 Å². The van der Waals surface area contributed by atoms with Gasteiger partial charge >= 0.3 is 29.8 Å². The zero-order chi connectivity index (χ0) is 36.3. The van der Waals surface area contributed by atoms with E-state index < -0.39 is 41.4 Å². The van der Waals surface area contributed by atoms with E-state index in [9.17, 15) is 29.1 Å². The summed E-state index contributed by atoms with van der Waals surface area (Å²) < 4.78 is 21.9. The molecule has 268 valence electrons. The van der Waals surface area contributed by atoms with Gasteiger partial charge in [-0.3, -0.25) is 24.0 Å². The average Bonchev–Trinajstić information content (AvgIpc) is 2.96. The van der Waals surface area contributed by atoms with Gasteiger partial charge in [0.1, 0.15) is 19.0 Å². The summed E-state index contributed by atoms with van der Waals surface area (Å²) in [5.41, 5.74) is 1.73. The number of carbonyl (C=O) groups is 5. The van der Waals surface area contributed by atoms with Gasteiger partial charge in [-0.2, -0.15) is 0 Å². The maximum atomic E-state index is 13.0. The van der Waals surface area contributed by atoms with E-state index in [2.05, 4.69) is 0 Å². The molecule has 0 aromatic heterocycles. The molecular weight excluding hydrogens is 616 g/mol. The molecular formula is C38H56O10. The first kappa shape index (κ1) is 42.1. The van der Waals surface area contributed by atoms with E-state index in [1.54, 1.807) is 18.2 Å². The Morgan fingerprint density at radius 2 is 1.27 bits per heavy atom. The van der Waals surface area contributed by atoms with Gasteiger partial charge in [-0.05, 0) is 68.6 Å². The molecule has 0 saturated heterocycles. The average molecular weight is 673 g/mol. The second-order valence-corrected chi connectivity index (χ2v) is 13.2. The minimum absolute atomic E-state index is 0.0348. The van der Waals surface area contributed by atoms with E-state index >= 15 is 0 Å². The second-order valence-electron chi connectivity index (χ2n) is 13.2. The van der Waals surface area contributed by atoms with Crippen molar-refractivity contribution in [3.05, 3.63) is 53.1 Å². The number of carboxylic acid groups (broad SMARTS) is 1. The predicted octanol–water partition coefficient (Wildman–Crippen LogP) is 7.50. The summed E-state index contributed by atoms with van der Waals surface area (Å²) >= 11 is 0. The molecule has 2 atom stereocenters. The number of aryl methyl sites for hydroxylation is 2. The van der Waals surface area contributed by atoms with Crippen LogP contribution in [0.1, 0.15) is 116 Å². The van der Waals surface area contributed by atoms with Crippen LogP contribution in [0.2, 0.25) is 0 Å². The van der Waals surface area contributed by atoms with Crippen molar-refractivity contribution in [1.82, 2.24) is 0 Å². The Hall–Kier alpha value is -3.95. The van der Waals surface area contributed by atoms with Crippen LogP contribution in [0.3, 0.4) is 0 Å². The van der Waals surface area contributed by atoms with E-state index in [0.29, 0.717) is 24.2 Å². The molecule has 10 nitrogen and oxygen atoms in total. The number of aliphatic carboxylic acids is 1. The third-order valence-corrected chi connectivity index (χ3v) is 7.65. The maximum Gasteiger partial charge on any atom is 0.311 e. The molecule has 0 aliphatic rings. The fourth-order valence-corrected chi connectivity index (χ4v) is 5.38. The Kier molecular flexibility index (Phi) is 19.1. The lowest BCUT2D eigenvalue weighted by Gasteiger charge is -2.28. The van der Waals surface area contributed by atoms with Crippen molar-refractivity contribution in [3.8, 4) is 5.75 Å². The predicted molar refractivity (Wildman–Crippen MR) is 184 cm³/mol. The Morgan fingerprint density at radius 3 is 1.75 bits per heavy atom. The lowest BCUT2D eigenvalue weighted by molar-refractivity contribution is -0.166. The van der Waals surface area contributed by atoms with Crippen LogP contribution in [0.5, 0.6) is 5.75 Å². The van der Waals surface area contributed by atoms with Gasteiger partial charge in [-0.1, -0.05) is 71.9 Å². The SMILES string of the molecule is CC/C=C\CC(=O)OCC(COC(=O)C/C=C\CC)OC(=O)CC(C)CCC(C)CC(=O)Oc1cc(C)cc(C)c1C(C)(C)CC(=O)O. The highest BCUT2D eigenvalue weighted by molar-refractivity contribution is 5.75. The Balaban J connectivity index is 2.72. The molecule has 0 aliphatic heterocycles. The first-order chi connectivity index (χ1) is 22.6. The molecule has 0 radical (unpaired) electrons. The highest BCUT2D eigenvalue weighted by Crippen LogP contribution is 2.38. The number of esters is 4. The van der Waals surface area contributed by atoms with Crippen molar-refractivity contribution >= 4 is 29.8 Å². The first-order valence-corrected chi connectivity index (χ1v) is 16.9. The fraction of sp³-hybridized carbons (Fsp3) is 0.605. The molecule has 1 aromatic rings. The van der Waals surface area contributed by atoms with Crippen LogP contribution in [0.25, 0.3) is 0 Å². The zero-order valence-corrected chi connectivity index (χ0v) is 30.1. The molecule has 10 heteroatoms. The number of ether oxygens (including phenoxy) is 4. The van der Waals surface area contributed by atoms with Crippen LogP contribution in [-0.2, 0) is 43.6 Å². The zero-order valence-electron chi connectivity index (χ0n) is 30.1. The minimum Gasteiger partial charge on any atom is -0.481 e. The Morgan fingerprint density at radius 1 is 0.771 bits per heavy atom. The van der Waals surface area contributed by atoms with Crippen LogP contribution in [0, 0.1) is 25.7 Å². The van der Waals surface area contributed by atoms with E-state index in [4.69, 9.17) is 18.9 Å². The lowest BCUT2D eigenvalue weighted by atomic mass is 9.78. The molecule has 48 heavy (non-hydrogen) atoms. The van der Waals surface area contributed by atoms with Crippen molar-refractivity contribution in [1.29, 1.82) is 0 Å². The van der Waals surface area contributed by atoms with Crippen LogP contribution in [0.15, 0.2) is 36.4 Å². The monoisotopic (exact) mass is 672 g/mol. The van der Waals surface area contributed by atoms with Gasteiger partial charge in [0, 0.05) is 23.8 Å². The molecule has 0 spiro atoms. The molecule has 2 unspecified atom stereocenters. The van der Waals surface area contributed by atoms with E-state index in [0.717, 1.165) is 24.0 Å². The summed E-state index contributed by atoms with van der Waals surface area (Å²) in [5, 5.41) is 9.43. The summed E-state index contributed by atoms with van der Waals surface area (Å²) in [4.78, 5) is 61.4. The number of carbonyl (C=O) groups excluding carboxylic acids is 4. The largest absolute Gasteiger partial charge is 0.481 e. The van der Waals surface area contributed by atoms with Crippen molar-refractivity contribution in [2.75, 3.05) is 13.2 Å². The first-order valence-electron chi connectivity index (χ1n) is 16.9. The van der Waals surface area contributed by atoms with Crippen LogP contribution in [0.4, 0.5) is 0 Å². The van der Waals surface area contributed by atoms with Gasteiger partial charge in [0.15, 0.2) is 6.10 Å². The molecule has 0 heterocycles. The van der Waals surface area contributed by atoms with Crippen LogP contribution in [-0.4, -0.2) is 54.3 Å². The summed E-state index contributed by atoms with van der Waals surface area (Å²) in [5.74, 6) is -2.52. The highest BCUT2D eigenvalue weighted by atomic mass is 16.6. The maximum absolute atomic E-state index is 13.0. The smallest absolute Gasteiger partial charge is 0.311 e. The summed E-state index contributed by atoms with van der Waals surface area (Å²) in [6, 6.07) is 3.72. The minimum atomic E-state index is -0.938. The number of carboxylic acids is 1. The topological polar surface area (TPSA) is 142 Å². The number of hydrogen-bond acceptors (Lipinski definition) is 9. The van der Waals surface area contributed by atoms with Crippen LogP contribution >= 0.6 is 0 Å². The second kappa shape index (κ2) is 21.8. The van der Waals surface area contributed by atoms with E-state index in [1.165, 1.54) is 0 Å². The van der Waals surface area contributed by atoms with Crippen molar-refractivity contribution < 1.29 is 48.0 Å². The van der Waals surface area contributed by atoms with Gasteiger partial charge in [0.25, 0.3) is 0 Å². The number of hydrogen-bond donors (Lipinski definition) is 1. The standard InChI is InChI=1S/C38H56O10/c1-9-11-13-15-33(41)45-24-30(25-46-34(42)16-14-12-10-2)47-35(43)21-26(3)17-18-27(4)22-36(44)48-31-20-28(5)19-29(6)37(31)38(7,8)23-32(39)40/h11-14,19-20,26-27,30H,9-10,15-18,21-25H2,1-8H3,(H,39,40)/b13-11-,14-12-. The Bertz CT molecular complexity index is 1240. The number of rotatable bonds is 22. The summed E-state index contributed by atoms with van der Waals surface area (Å²) in [6.45, 7) is 14.7. The van der Waals surface area contributed by atoms with Gasteiger partial charge in [-0.25, -0.2) is 0 Å². The number of allylic oxidation sites excluding steroid dienone is 2. The molecule has 0 saturated carbocycles. The molecule has 1 rings (SSSR count). The van der Waals surface area contributed by atoms with Gasteiger partial charge in [0.05, 0.1) is 19.3 Å². The molecule has 0 amide bonds. The molecule has 1 aromatic carbocycles. The highest BCUT2D eigenvalue weighted by Gasteiger charge is 2.30. The molecule has 1 N–H and O–H groups in total. The quantitative estimate of drug-likeness (QED) is 0.0569. The third-order valence-electron chi connectivity index (χ3n) is 7.65. The summed E-state index contributed by atoms with van der Waals surface area (Å²) in [7, 11) is 0. The molecule has 0 fully saturated rings. The van der Waals surface area contributed by atoms with E-state index in [1.807, 2.05) is 73.6 Å². The van der Waals surface area contributed by atoms with E-state index in [-0.39, 0.29) is 57.2 Å². The molecule has 0 aliphatic carbocycles.